The molecule has 0 amide bonds. The molecule has 0 radical (unpaired) electrons. The van der Waals surface area contributed by atoms with Crippen LogP contribution in [-0.2, 0) is 24.5 Å². The predicted octanol–water partition coefficient (Wildman–Crippen LogP) is 3.02. The van der Waals surface area contributed by atoms with Crippen LogP contribution in [0.25, 0.3) is 0 Å². The summed E-state index contributed by atoms with van der Waals surface area (Å²) in [5, 5.41) is 0. The Morgan fingerprint density at radius 3 is 2.35 bits per heavy atom. The van der Waals surface area contributed by atoms with Crippen molar-refractivity contribution in [2.45, 2.75) is 6.67 Å². The fraction of sp³-hybridized carbons (Fsp3) is 0.300. The van der Waals surface area contributed by atoms with Gasteiger partial charge in [0.25, 0.3) is 0 Å². The molecule has 17 heavy (non-hydrogen) atoms. The SMILES string of the molecule is C=C1N(C)C=CN1Cn1ccn(C)[cH+]1.[I][Pd][I]. The first-order valence-electron chi connectivity index (χ1n) is 4.78. The number of nitrogens with zero attached hydrogens (tertiary/aromatic N) is 4. The Kier molecular flexibility index (Phi) is 7.06. The summed E-state index contributed by atoms with van der Waals surface area (Å²) < 4.78 is 4.13. The molecule has 0 aliphatic carbocycles. The maximum atomic E-state index is 3.99. The van der Waals surface area contributed by atoms with Gasteiger partial charge in [-0.15, -0.1) is 0 Å². The molecule has 0 spiro atoms. The summed E-state index contributed by atoms with van der Waals surface area (Å²) in [6, 6.07) is 0. The van der Waals surface area contributed by atoms with Gasteiger partial charge in [0.1, 0.15) is 12.5 Å². The summed E-state index contributed by atoms with van der Waals surface area (Å²) in [5.74, 6) is 1.00. The second-order valence-electron chi connectivity index (χ2n) is 3.57. The normalized spacial score (nSPS) is 14.2. The van der Waals surface area contributed by atoms with Crippen LogP contribution >= 0.6 is 39.0 Å². The van der Waals surface area contributed by atoms with Gasteiger partial charge in [-0.1, -0.05) is 6.58 Å². The molecule has 2 heterocycles. The van der Waals surface area contributed by atoms with E-state index in [4.69, 9.17) is 0 Å². The van der Waals surface area contributed by atoms with Crippen molar-refractivity contribution in [3.05, 3.63) is 43.5 Å². The van der Waals surface area contributed by atoms with Gasteiger partial charge in [-0.25, -0.2) is 9.13 Å². The van der Waals surface area contributed by atoms with Crippen LogP contribution in [0.4, 0.5) is 0 Å². The van der Waals surface area contributed by atoms with Gasteiger partial charge in [-0.3, -0.25) is 0 Å². The van der Waals surface area contributed by atoms with E-state index in [1.165, 1.54) is 0 Å². The van der Waals surface area contributed by atoms with Crippen LogP contribution in [0.1, 0.15) is 0 Å². The van der Waals surface area contributed by atoms with E-state index < -0.39 is 0 Å². The number of halogens is 2. The van der Waals surface area contributed by atoms with Crippen molar-refractivity contribution in [3.63, 3.8) is 0 Å². The Morgan fingerprint density at radius 2 is 1.94 bits per heavy atom. The number of imidazole rings is 1. The average Bonchev–Trinajstić information content (AvgIpc) is 2.81. The van der Waals surface area contributed by atoms with E-state index in [0.717, 1.165) is 23.2 Å². The van der Waals surface area contributed by atoms with E-state index in [1.54, 1.807) is 0 Å². The third-order valence-corrected chi connectivity index (χ3v) is 2.35. The first kappa shape index (κ1) is 15.5. The molecule has 0 fully saturated rings. The van der Waals surface area contributed by atoms with Crippen molar-refractivity contribution in [1.82, 2.24) is 18.9 Å². The zero-order chi connectivity index (χ0) is 12.8. The molecule has 98 valence electrons. The van der Waals surface area contributed by atoms with Gasteiger partial charge in [0, 0.05) is 26.5 Å². The standard InChI is InChI=1S/C10H15N4.2HI.Pd/c1-10-12(3)5-7-14(10)9-13-6-4-11(2)8-13;;;/h4-8H,1,9H2,2-3H3;2*1H;/q+1;;;+2/p-2. The van der Waals surface area contributed by atoms with Gasteiger partial charge in [0.2, 0.25) is 0 Å². The summed E-state index contributed by atoms with van der Waals surface area (Å²) in [5.41, 5.74) is 0. The Morgan fingerprint density at radius 1 is 1.29 bits per heavy atom. The second kappa shape index (κ2) is 7.76. The quantitative estimate of drug-likeness (QED) is 0.320. The topological polar surface area (TPSA) is 16.3 Å². The van der Waals surface area contributed by atoms with Crippen molar-refractivity contribution < 1.29 is 10.8 Å². The Hall–Kier alpha value is 0.412. The Labute approximate surface area is 131 Å². The zero-order valence-electron chi connectivity index (χ0n) is 9.66. The third kappa shape index (κ3) is 4.89. The molecule has 0 N–H and O–H groups in total. The fourth-order valence-electron chi connectivity index (χ4n) is 1.45. The second-order valence-corrected chi connectivity index (χ2v) is 15.6. The average molecular weight is 551 g/mol. The summed E-state index contributed by atoms with van der Waals surface area (Å²) in [7, 11) is 4.90. The molecule has 0 aromatic carbocycles. The van der Waals surface area contributed by atoms with E-state index in [9.17, 15) is 0 Å². The molecule has 1 aliphatic rings. The minimum atomic E-state index is 0.806. The molecule has 1 aromatic rings. The molecule has 0 saturated heterocycles. The van der Waals surface area contributed by atoms with Gasteiger partial charge in [0.05, 0.1) is 0 Å². The molecule has 2 rings (SSSR count). The first-order valence-corrected chi connectivity index (χ1v) is 14.0. The predicted molar refractivity (Wildman–Crippen MR) is 83.7 cm³/mol. The van der Waals surface area contributed by atoms with E-state index in [0.29, 0.717) is 0 Å². The number of rotatable bonds is 2. The van der Waals surface area contributed by atoms with Crippen molar-refractivity contribution in [2.24, 2.45) is 7.05 Å². The van der Waals surface area contributed by atoms with Crippen LogP contribution in [0.2, 0.25) is 0 Å². The number of hydrogen-bond acceptors (Lipinski definition) is 2. The first-order chi connectivity index (χ1) is 8.08. The number of hydrogen-bond donors (Lipinski definition) is 0. The molecule has 1 aliphatic heterocycles. The molecule has 7 heteroatoms. The number of aryl methyl sites for hydroxylation is 1. The van der Waals surface area contributed by atoms with Crippen LogP contribution < -0.4 is 0 Å². The van der Waals surface area contributed by atoms with Crippen molar-refractivity contribution in [2.75, 3.05) is 7.05 Å². The Balaban J connectivity index is 0.000000437. The van der Waals surface area contributed by atoms with Crippen LogP contribution in [-0.4, -0.2) is 26.0 Å². The summed E-state index contributed by atoms with van der Waals surface area (Å²) >= 11 is 4.65. The van der Waals surface area contributed by atoms with Crippen molar-refractivity contribution >= 4 is 39.0 Å². The summed E-state index contributed by atoms with van der Waals surface area (Å²) in [6.45, 7) is 4.79. The van der Waals surface area contributed by atoms with Crippen LogP contribution in [0.15, 0.2) is 43.5 Å². The van der Waals surface area contributed by atoms with E-state index in [-0.39, 0.29) is 0 Å². The molecular formula is C10H15I2N4Pd+. The maximum absolute atomic E-state index is 3.99. The third-order valence-electron chi connectivity index (χ3n) is 2.35. The zero-order valence-corrected chi connectivity index (χ0v) is 15.5. The van der Waals surface area contributed by atoms with Crippen LogP contribution in [0.5, 0.6) is 0 Å². The molecule has 0 unspecified atom stereocenters. The van der Waals surface area contributed by atoms with Gasteiger partial charge >= 0.3 is 49.8 Å². The van der Waals surface area contributed by atoms with E-state index >= 15 is 0 Å². The minimum absolute atomic E-state index is 0.806. The molecule has 1 aromatic heterocycles. The van der Waals surface area contributed by atoms with Gasteiger partial charge in [0.15, 0.2) is 18.7 Å². The molecule has 0 bridgehead atoms. The van der Waals surface area contributed by atoms with Crippen LogP contribution in [0.3, 0.4) is 0 Å². The molecule has 0 atom stereocenters. The number of aromatic nitrogens is 2. The van der Waals surface area contributed by atoms with E-state index in [2.05, 4.69) is 55.1 Å². The molecule has 4 nitrogen and oxygen atoms in total. The van der Waals surface area contributed by atoms with Crippen molar-refractivity contribution in [1.29, 1.82) is 0 Å². The Bertz CT molecular complexity index is 405. The molecular weight excluding hydrogens is 536 g/mol. The van der Waals surface area contributed by atoms with Crippen LogP contribution in [0, 0.1) is 0 Å². The summed E-state index contributed by atoms with van der Waals surface area (Å²) in [6.07, 6.45) is 10.1. The summed E-state index contributed by atoms with van der Waals surface area (Å²) in [4.78, 5) is 4.10. The van der Waals surface area contributed by atoms with E-state index in [1.807, 2.05) is 54.7 Å². The van der Waals surface area contributed by atoms with Crippen molar-refractivity contribution in [3.8, 4) is 0 Å². The van der Waals surface area contributed by atoms with Gasteiger partial charge in [-0.05, 0) is 0 Å². The van der Waals surface area contributed by atoms with Gasteiger partial charge < -0.3 is 9.80 Å². The molecule has 0 saturated carbocycles. The monoisotopic (exact) mass is 551 g/mol. The van der Waals surface area contributed by atoms with Gasteiger partial charge in [-0.2, -0.15) is 0 Å². The fourth-order valence-corrected chi connectivity index (χ4v) is 1.45.